The van der Waals surface area contributed by atoms with Gasteiger partial charge in [0.1, 0.15) is 4.99 Å². The molecule has 1 rings (SSSR count). The first-order valence-electron chi connectivity index (χ1n) is 5.43. The van der Waals surface area contributed by atoms with Crippen molar-refractivity contribution in [2.45, 2.75) is 27.7 Å². The molecule has 0 radical (unpaired) electrons. The van der Waals surface area contributed by atoms with Gasteiger partial charge in [-0.3, -0.25) is 4.79 Å². The number of nitrogens with two attached hydrogens (primary N) is 1. The largest absolute Gasteiger partial charge is 0.389 e. The van der Waals surface area contributed by atoms with Gasteiger partial charge in [-0.05, 0) is 18.6 Å². The summed E-state index contributed by atoms with van der Waals surface area (Å²) in [5.74, 6) is -0.0271. The van der Waals surface area contributed by atoms with Crippen molar-refractivity contribution in [3.63, 3.8) is 0 Å². The van der Waals surface area contributed by atoms with Crippen molar-refractivity contribution >= 4 is 28.8 Å². The van der Waals surface area contributed by atoms with Crippen LogP contribution >= 0.6 is 12.2 Å². The van der Waals surface area contributed by atoms with Crippen LogP contribution < -0.4 is 11.1 Å². The molecule has 3 N–H and O–H groups in total. The SMILES string of the molecule is Cc1ccc(C(N)=S)cc1NC(=O)C(C)(C)C. The van der Waals surface area contributed by atoms with E-state index in [9.17, 15) is 4.79 Å². The molecule has 1 aromatic rings. The molecule has 0 aliphatic carbocycles. The maximum absolute atomic E-state index is 11.9. The lowest BCUT2D eigenvalue weighted by atomic mass is 9.95. The topological polar surface area (TPSA) is 55.1 Å². The van der Waals surface area contributed by atoms with E-state index in [1.165, 1.54) is 0 Å². The average Bonchev–Trinajstić information content (AvgIpc) is 2.19. The van der Waals surface area contributed by atoms with Crippen LogP contribution in [0.2, 0.25) is 0 Å². The quantitative estimate of drug-likeness (QED) is 0.793. The molecule has 0 saturated heterocycles. The molecule has 0 fully saturated rings. The van der Waals surface area contributed by atoms with Gasteiger partial charge in [-0.25, -0.2) is 0 Å². The molecule has 92 valence electrons. The Morgan fingerprint density at radius 3 is 2.41 bits per heavy atom. The molecule has 0 aliphatic rings. The minimum atomic E-state index is -0.425. The molecule has 0 aromatic heterocycles. The first-order valence-corrected chi connectivity index (χ1v) is 5.84. The Labute approximate surface area is 107 Å². The highest BCUT2D eigenvalue weighted by Crippen LogP contribution is 2.21. The van der Waals surface area contributed by atoms with Crippen LogP contribution in [0.15, 0.2) is 18.2 Å². The van der Waals surface area contributed by atoms with Gasteiger partial charge in [0.05, 0.1) is 0 Å². The van der Waals surface area contributed by atoms with Gasteiger partial charge in [0.2, 0.25) is 5.91 Å². The molecule has 1 amide bonds. The number of aryl methyl sites for hydroxylation is 1. The lowest BCUT2D eigenvalue weighted by molar-refractivity contribution is -0.123. The number of anilines is 1. The number of amides is 1. The fraction of sp³-hybridized carbons (Fsp3) is 0.385. The highest BCUT2D eigenvalue weighted by molar-refractivity contribution is 7.80. The third-order valence-corrected chi connectivity index (χ3v) is 2.69. The second-order valence-electron chi connectivity index (χ2n) is 5.10. The molecular formula is C13H18N2OS. The monoisotopic (exact) mass is 250 g/mol. The molecule has 0 spiro atoms. The van der Waals surface area contributed by atoms with Gasteiger partial charge in [-0.2, -0.15) is 0 Å². The Bertz CT molecular complexity index is 461. The number of rotatable bonds is 2. The van der Waals surface area contributed by atoms with Crippen molar-refractivity contribution in [1.82, 2.24) is 0 Å². The zero-order valence-electron chi connectivity index (χ0n) is 10.6. The van der Waals surface area contributed by atoms with Gasteiger partial charge < -0.3 is 11.1 Å². The minimum absolute atomic E-state index is 0.0271. The summed E-state index contributed by atoms with van der Waals surface area (Å²) in [6.45, 7) is 7.54. The summed E-state index contributed by atoms with van der Waals surface area (Å²) < 4.78 is 0. The van der Waals surface area contributed by atoms with Gasteiger partial charge in [0.25, 0.3) is 0 Å². The Morgan fingerprint density at radius 1 is 1.35 bits per heavy atom. The van der Waals surface area contributed by atoms with Crippen LogP contribution in [0.3, 0.4) is 0 Å². The lowest BCUT2D eigenvalue weighted by Crippen LogP contribution is -2.28. The van der Waals surface area contributed by atoms with E-state index >= 15 is 0 Å². The Hall–Kier alpha value is -1.42. The minimum Gasteiger partial charge on any atom is -0.389 e. The van der Waals surface area contributed by atoms with E-state index in [2.05, 4.69) is 5.32 Å². The number of thiocarbonyl (C=S) groups is 1. The zero-order valence-corrected chi connectivity index (χ0v) is 11.4. The van der Waals surface area contributed by atoms with Gasteiger partial charge >= 0.3 is 0 Å². The highest BCUT2D eigenvalue weighted by Gasteiger charge is 2.21. The molecule has 3 nitrogen and oxygen atoms in total. The third kappa shape index (κ3) is 3.53. The number of nitrogens with one attached hydrogen (secondary N) is 1. The number of carbonyl (C=O) groups is 1. The predicted molar refractivity (Wildman–Crippen MR) is 75.2 cm³/mol. The molecular weight excluding hydrogens is 232 g/mol. The summed E-state index contributed by atoms with van der Waals surface area (Å²) in [6.07, 6.45) is 0. The predicted octanol–water partition coefficient (Wildman–Crippen LogP) is 2.61. The Kier molecular flexibility index (Phi) is 3.88. The van der Waals surface area contributed by atoms with E-state index in [1.54, 1.807) is 6.07 Å². The third-order valence-electron chi connectivity index (χ3n) is 2.45. The van der Waals surface area contributed by atoms with Crippen LogP contribution in [-0.2, 0) is 4.79 Å². The Morgan fingerprint density at radius 2 is 1.94 bits per heavy atom. The van der Waals surface area contributed by atoms with Gasteiger partial charge in [0.15, 0.2) is 0 Å². The van der Waals surface area contributed by atoms with E-state index in [4.69, 9.17) is 18.0 Å². The molecule has 0 unspecified atom stereocenters. The smallest absolute Gasteiger partial charge is 0.229 e. The second-order valence-corrected chi connectivity index (χ2v) is 5.54. The summed E-state index contributed by atoms with van der Waals surface area (Å²) >= 11 is 4.92. The molecule has 0 atom stereocenters. The lowest BCUT2D eigenvalue weighted by Gasteiger charge is -2.19. The first-order chi connectivity index (χ1) is 7.71. The standard InChI is InChI=1S/C13H18N2OS/c1-8-5-6-9(11(14)17)7-10(8)15-12(16)13(2,3)4/h5-7H,1-4H3,(H2,14,17)(H,15,16). The van der Waals surface area contributed by atoms with Crippen LogP contribution in [0.5, 0.6) is 0 Å². The van der Waals surface area contributed by atoms with Gasteiger partial charge in [-0.1, -0.05) is 45.1 Å². The molecule has 0 aliphatic heterocycles. The van der Waals surface area contributed by atoms with E-state index in [1.807, 2.05) is 39.8 Å². The molecule has 1 aromatic carbocycles. The molecule has 0 heterocycles. The van der Waals surface area contributed by atoms with Crippen LogP contribution in [0.4, 0.5) is 5.69 Å². The van der Waals surface area contributed by atoms with Gasteiger partial charge in [0, 0.05) is 16.7 Å². The summed E-state index contributed by atoms with van der Waals surface area (Å²) in [7, 11) is 0. The fourth-order valence-electron chi connectivity index (χ4n) is 1.22. The summed E-state index contributed by atoms with van der Waals surface area (Å²) in [4.78, 5) is 12.2. The van der Waals surface area contributed by atoms with Crippen molar-refractivity contribution < 1.29 is 4.79 Å². The molecule has 17 heavy (non-hydrogen) atoms. The molecule has 0 bridgehead atoms. The van der Waals surface area contributed by atoms with Crippen molar-refractivity contribution in [2.24, 2.45) is 11.1 Å². The average molecular weight is 250 g/mol. The number of benzene rings is 1. The first kappa shape index (κ1) is 13.6. The fourth-order valence-corrected chi connectivity index (χ4v) is 1.35. The molecule has 0 saturated carbocycles. The number of hydrogen-bond acceptors (Lipinski definition) is 2. The van der Waals surface area contributed by atoms with E-state index < -0.39 is 5.41 Å². The van der Waals surface area contributed by atoms with Crippen molar-refractivity contribution in [2.75, 3.05) is 5.32 Å². The summed E-state index contributed by atoms with van der Waals surface area (Å²) in [5, 5.41) is 2.89. The second kappa shape index (κ2) is 4.84. The van der Waals surface area contributed by atoms with Crippen LogP contribution in [0.25, 0.3) is 0 Å². The Balaban J connectivity index is 3.02. The van der Waals surface area contributed by atoms with Gasteiger partial charge in [-0.15, -0.1) is 0 Å². The van der Waals surface area contributed by atoms with Crippen LogP contribution in [0, 0.1) is 12.3 Å². The number of hydrogen-bond donors (Lipinski definition) is 2. The summed E-state index contributed by atoms with van der Waals surface area (Å²) in [5.41, 5.74) is 7.65. The van der Waals surface area contributed by atoms with Crippen LogP contribution in [0.1, 0.15) is 31.9 Å². The highest BCUT2D eigenvalue weighted by atomic mass is 32.1. The number of carbonyl (C=O) groups excluding carboxylic acids is 1. The maximum atomic E-state index is 11.9. The maximum Gasteiger partial charge on any atom is 0.229 e. The van der Waals surface area contributed by atoms with Crippen molar-refractivity contribution in [3.05, 3.63) is 29.3 Å². The molecule has 4 heteroatoms. The van der Waals surface area contributed by atoms with E-state index in [-0.39, 0.29) is 5.91 Å². The zero-order chi connectivity index (χ0) is 13.2. The summed E-state index contributed by atoms with van der Waals surface area (Å²) in [6, 6.07) is 5.55. The van der Waals surface area contributed by atoms with Crippen LogP contribution in [-0.4, -0.2) is 10.9 Å². The van der Waals surface area contributed by atoms with E-state index in [0.717, 1.165) is 16.8 Å². The van der Waals surface area contributed by atoms with E-state index in [0.29, 0.717) is 4.99 Å². The van der Waals surface area contributed by atoms with Crippen molar-refractivity contribution in [3.8, 4) is 0 Å². The van der Waals surface area contributed by atoms with Crippen molar-refractivity contribution in [1.29, 1.82) is 0 Å². The normalized spacial score (nSPS) is 11.1.